The van der Waals surface area contributed by atoms with E-state index in [1.807, 2.05) is 0 Å². The smallest absolute Gasteiger partial charge is 0.351 e. The maximum absolute atomic E-state index is 12.3. The third kappa shape index (κ3) is 3.31. The number of carboxylic acids is 1. The number of nitrogens with one attached hydrogen (secondary N) is 1. The summed E-state index contributed by atoms with van der Waals surface area (Å²) in [5, 5.41) is 21.3. The Morgan fingerprint density at radius 1 is 1.20 bits per heavy atom. The van der Waals surface area contributed by atoms with Crippen LogP contribution in [-0.4, -0.2) is 29.3 Å². The molecular formula is C16H12N2O6S. The van der Waals surface area contributed by atoms with Crippen LogP contribution in [0, 0.1) is 0 Å². The fourth-order valence-electron chi connectivity index (χ4n) is 2.07. The molecular weight excluding hydrogens is 348 g/mol. The van der Waals surface area contributed by atoms with Gasteiger partial charge in [-0.25, -0.2) is 14.4 Å². The summed E-state index contributed by atoms with van der Waals surface area (Å²) in [6.07, 6.45) is 0. The first-order chi connectivity index (χ1) is 11.8. The number of fused-ring (bicyclic) bond motifs is 1. The normalized spacial score (nSPS) is 10.6. The van der Waals surface area contributed by atoms with Crippen molar-refractivity contribution < 1.29 is 24.2 Å². The van der Waals surface area contributed by atoms with E-state index < -0.39 is 23.2 Å². The molecule has 2 amide bonds. The van der Waals surface area contributed by atoms with Gasteiger partial charge in [-0.1, -0.05) is 0 Å². The minimum atomic E-state index is -1.37. The van der Waals surface area contributed by atoms with Crippen molar-refractivity contribution in [1.29, 1.82) is 0 Å². The molecule has 0 fully saturated rings. The van der Waals surface area contributed by atoms with Crippen molar-refractivity contribution in [2.45, 2.75) is 0 Å². The molecule has 3 N–H and O–H groups in total. The Labute approximate surface area is 144 Å². The average Bonchev–Trinajstić information content (AvgIpc) is 2.97. The number of amides is 2. The van der Waals surface area contributed by atoms with Crippen LogP contribution in [0.5, 0.6) is 5.75 Å². The van der Waals surface area contributed by atoms with Gasteiger partial charge >= 0.3 is 17.6 Å². The van der Waals surface area contributed by atoms with Crippen LogP contribution >= 0.6 is 11.3 Å². The van der Waals surface area contributed by atoms with Gasteiger partial charge in [0.2, 0.25) is 0 Å². The second-order valence-corrected chi connectivity index (χ2v) is 6.16. The van der Waals surface area contributed by atoms with Crippen LogP contribution in [0.4, 0.5) is 15.5 Å². The number of phenolic OH excluding ortho intramolecular Hbond substituents is 1. The van der Waals surface area contributed by atoms with Gasteiger partial charge in [0.05, 0.1) is 4.70 Å². The van der Waals surface area contributed by atoms with E-state index >= 15 is 0 Å². The van der Waals surface area contributed by atoms with E-state index in [0.29, 0.717) is 15.4 Å². The molecule has 3 aromatic rings. The van der Waals surface area contributed by atoms with Crippen LogP contribution in [0.2, 0.25) is 0 Å². The van der Waals surface area contributed by atoms with Gasteiger partial charge in [0.15, 0.2) is 5.58 Å². The van der Waals surface area contributed by atoms with Crippen molar-refractivity contribution in [2.75, 3.05) is 17.3 Å². The van der Waals surface area contributed by atoms with Crippen molar-refractivity contribution in [2.24, 2.45) is 0 Å². The number of hydrogen-bond acceptors (Lipinski definition) is 6. The van der Waals surface area contributed by atoms with E-state index in [1.54, 1.807) is 12.1 Å². The number of phenols is 1. The zero-order chi connectivity index (χ0) is 18.1. The van der Waals surface area contributed by atoms with Gasteiger partial charge in [-0.05, 0) is 30.3 Å². The summed E-state index contributed by atoms with van der Waals surface area (Å²) < 4.78 is 5.42. The molecule has 1 aromatic carbocycles. The number of hydrogen-bond donors (Lipinski definition) is 3. The van der Waals surface area contributed by atoms with Crippen molar-refractivity contribution in [1.82, 2.24) is 0 Å². The van der Waals surface area contributed by atoms with Crippen LogP contribution in [0.1, 0.15) is 10.4 Å². The molecule has 8 nitrogen and oxygen atoms in total. The predicted molar refractivity (Wildman–Crippen MR) is 92.8 cm³/mol. The highest BCUT2D eigenvalue weighted by atomic mass is 32.1. The van der Waals surface area contributed by atoms with Crippen molar-refractivity contribution in [3.63, 3.8) is 0 Å². The van der Waals surface area contributed by atoms with E-state index in [9.17, 15) is 19.5 Å². The molecule has 0 saturated heterocycles. The van der Waals surface area contributed by atoms with Gasteiger partial charge in [-0.15, -0.1) is 11.3 Å². The number of anilines is 2. The molecule has 0 atom stereocenters. The summed E-state index contributed by atoms with van der Waals surface area (Å²) in [5.41, 5.74) is -0.701. The van der Waals surface area contributed by atoms with E-state index in [-0.39, 0.29) is 11.3 Å². The van der Waals surface area contributed by atoms with E-state index in [1.165, 1.54) is 36.2 Å². The molecule has 0 spiro atoms. The number of nitrogens with zero attached hydrogens (tertiary/aromatic N) is 1. The zero-order valence-electron chi connectivity index (χ0n) is 12.8. The van der Waals surface area contributed by atoms with Crippen molar-refractivity contribution in [3.8, 4) is 5.75 Å². The van der Waals surface area contributed by atoms with Crippen LogP contribution in [-0.2, 0) is 0 Å². The number of rotatable bonds is 3. The number of urea groups is 1. The number of aromatic hydroxyl groups is 1. The quantitative estimate of drug-likeness (QED) is 0.618. The maximum atomic E-state index is 12.3. The fraction of sp³-hybridized carbons (Fsp3) is 0.0625. The molecule has 25 heavy (non-hydrogen) atoms. The number of aromatic carboxylic acids is 1. The van der Waals surface area contributed by atoms with E-state index in [4.69, 9.17) is 9.52 Å². The molecule has 2 heterocycles. The number of carbonyl (C=O) groups excluding carboxylic acids is 1. The van der Waals surface area contributed by atoms with Crippen LogP contribution < -0.4 is 15.8 Å². The number of carbonyl (C=O) groups is 2. The summed E-state index contributed by atoms with van der Waals surface area (Å²) in [7, 11) is 1.52. The molecule has 0 unspecified atom stereocenters. The highest BCUT2D eigenvalue weighted by Crippen LogP contribution is 2.32. The minimum absolute atomic E-state index is 0.0834. The van der Waals surface area contributed by atoms with Gasteiger partial charge in [-0.3, -0.25) is 4.90 Å². The van der Waals surface area contributed by atoms with Gasteiger partial charge in [0, 0.05) is 18.8 Å². The Balaban J connectivity index is 1.87. The van der Waals surface area contributed by atoms with Crippen LogP contribution in [0.3, 0.4) is 0 Å². The summed E-state index contributed by atoms with van der Waals surface area (Å²) in [4.78, 5) is 36.2. The molecule has 2 aromatic heterocycles. The zero-order valence-corrected chi connectivity index (χ0v) is 13.7. The van der Waals surface area contributed by atoms with Gasteiger partial charge in [0.25, 0.3) is 0 Å². The van der Waals surface area contributed by atoms with E-state index in [0.717, 1.165) is 11.3 Å². The summed E-state index contributed by atoms with van der Waals surface area (Å²) in [6, 6.07) is 8.24. The summed E-state index contributed by atoms with van der Waals surface area (Å²) in [6.45, 7) is 0. The Morgan fingerprint density at radius 2 is 1.88 bits per heavy atom. The van der Waals surface area contributed by atoms with Crippen LogP contribution in [0.25, 0.3) is 10.3 Å². The highest BCUT2D eigenvalue weighted by Gasteiger charge is 2.18. The second kappa shape index (κ2) is 6.29. The number of carboxylic acid groups (broad SMARTS) is 1. The first-order valence-corrected chi connectivity index (χ1v) is 7.81. The van der Waals surface area contributed by atoms with Crippen molar-refractivity contribution >= 4 is 44.3 Å². The minimum Gasteiger partial charge on any atom is -0.508 e. The average molecular weight is 360 g/mol. The maximum Gasteiger partial charge on any atom is 0.351 e. The SMILES string of the molecule is CN(C(=O)Nc1ccc(O)cc1)c1cc2oc(=O)c(C(=O)O)cc2s1. The second-order valence-electron chi connectivity index (χ2n) is 5.10. The predicted octanol–water partition coefficient (Wildman–Crippen LogP) is 2.93. The third-order valence-electron chi connectivity index (χ3n) is 3.39. The molecule has 3 rings (SSSR count). The number of thiophene rings is 1. The van der Waals surface area contributed by atoms with Gasteiger partial charge in [0.1, 0.15) is 16.3 Å². The van der Waals surface area contributed by atoms with Crippen molar-refractivity contribution in [3.05, 3.63) is 52.4 Å². The summed E-state index contributed by atoms with van der Waals surface area (Å²) >= 11 is 1.12. The fourth-order valence-corrected chi connectivity index (χ4v) is 3.06. The Hall–Kier alpha value is -3.33. The van der Waals surface area contributed by atoms with Gasteiger partial charge < -0.3 is 19.9 Å². The largest absolute Gasteiger partial charge is 0.508 e. The lowest BCUT2D eigenvalue weighted by Gasteiger charge is -2.15. The summed E-state index contributed by atoms with van der Waals surface area (Å²) in [5.74, 6) is -1.29. The lowest BCUT2D eigenvalue weighted by atomic mass is 10.3. The Bertz CT molecular complexity index is 1020. The first-order valence-electron chi connectivity index (χ1n) is 7.00. The molecule has 0 bridgehead atoms. The molecule has 0 saturated carbocycles. The molecule has 9 heteroatoms. The molecule has 0 aliphatic heterocycles. The lowest BCUT2D eigenvalue weighted by Crippen LogP contribution is -2.30. The van der Waals surface area contributed by atoms with Crippen LogP contribution in [0.15, 0.2) is 45.6 Å². The lowest BCUT2D eigenvalue weighted by molar-refractivity contribution is 0.0692. The monoisotopic (exact) mass is 360 g/mol. The Morgan fingerprint density at radius 3 is 2.52 bits per heavy atom. The molecule has 128 valence electrons. The molecule has 0 aliphatic rings. The highest BCUT2D eigenvalue weighted by molar-refractivity contribution is 7.22. The first kappa shape index (κ1) is 16.5. The third-order valence-corrected chi connectivity index (χ3v) is 4.53. The molecule has 0 radical (unpaired) electrons. The Kier molecular flexibility index (Phi) is 4.15. The standard InChI is InChI=1S/C16H12N2O6S/c1-18(16(23)17-8-2-4-9(19)5-3-8)13-7-11-12(25-13)6-10(14(20)21)15(22)24-11/h2-7,19H,1H3,(H,17,23)(H,20,21). The topological polar surface area (TPSA) is 120 Å². The number of benzene rings is 1. The molecule has 0 aliphatic carbocycles. The van der Waals surface area contributed by atoms with Gasteiger partial charge in [-0.2, -0.15) is 0 Å². The van der Waals surface area contributed by atoms with E-state index in [2.05, 4.69) is 5.32 Å².